The summed E-state index contributed by atoms with van der Waals surface area (Å²) in [5.41, 5.74) is 0.428. The molecule has 0 radical (unpaired) electrons. The van der Waals surface area contributed by atoms with Gasteiger partial charge in [-0.25, -0.2) is 9.97 Å². The van der Waals surface area contributed by atoms with Gasteiger partial charge in [0.05, 0.1) is 11.2 Å². The topological polar surface area (TPSA) is 59.0 Å². The lowest BCUT2D eigenvalue weighted by atomic mass is 10.1. The van der Waals surface area contributed by atoms with Crippen molar-refractivity contribution in [3.8, 4) is 0 Å². The summed E-state index contributed by atoms with van der Waals surface area (Å²) in [6.45, 7) is 1.58. The third-order valence-electron chi connectivity index (χ3n) is 3.30. The van der Waals surface area contributed by atoms with Crippen molar-refractivity contribution in [1.29, 1.82) is 0 Å². The van der Waals surface area contributed by atoms with Crippen LogP contribution in [0.5, 0.6) is 0 Å². The maximum Gasteiger partial charge on any atom is 0.274 e. The van der Waals surface area contributed by atoms with E-state index < -0.39 is 0 Å². The number of nitrogens with zero attached hydrogens (tertiary/aromatic N) is 4. The molecular weight excluding hydrogens is 260 g/mol. The second-order valence-corrected chi connectivity index (χ2v) is 5.61. The third-order valence-corrected chi connectivity index (χ3v) is 4.10. The molecule has 1 amide bonds. The molecule has 5 nitrogen and oxygen atoms in total. The zero-order chi connectivity index (χ0) is 13.1. The van der Waals surface area contributed by atoms with Crippen molar-refractivity contribution in [2.24, 2.45) is 5.92 Å². The third kappa shape index (κ3) is 2.78. The number of carbonyl (C=O) groups excluding carboxylic acids is 1. The molecule has 0 spiro atoms. The summed E-state index contributed by atoms with van der Waals surface area (Å²) in [4.78, 5) is 26.4. The Morgan fingerprint density at radius 2 is 2.32 bits per heavy atom. The van der Waals surface area contributed by atoms with E-state index in [2.05, 4.69) is 15.0 Å². The lowest BCUT2D eigenvalue weighted by Crippen LogP contribution is -2.29. The average Bonchev–Trinajstić information content (AvgIpc) is 3.11. The number of carbonyl (C=O) groups is 1. The summed E-state index contributed by atoms with van der Waals surface area (Å²) in [6, 6.07) is 0. The molecule has 98 valence electrons. The molecule has 1 atom stereocenters. The molecule has 19 heavy (non-hydrogen) atoms. The van der Waals surface area contributed by atoms with Crippen LogP contribution < -0.4 is 0 Å². The lowest BCUT2D eigenvalue weighted by molar-refractivity contribution is 0.0781. The predicted molar refractivity (Wildman–Crippen MR) is 71.9 cm³/mol. The minimum atomic E-state index is -0.0188. The van der Waals surface area contributed by atoms with Gasteiger partial charge >= 0.3 is 0 Å². The molecule has 3 rings (SSSR count). The van der Waals surface area contributed by atoms with Crippen molar-refractivity contribution < 1.29 is 4.79 Å². The van der Waals surface area contributed by atoms with Gasteiger partial charge in [0, 0.05) is 43.5 Å². The zero-order valence-corrected chi connectivity index (χ0v) is 11.2. The highest BCUT2D eigenvalue weighted by Crippen LogP contribution is 2.22. The Labute approximate surface area is 115 Å². The van der Waals surface area contributed by atoms with E-state index in [4.69, 9.17) is 0 Å². The Morgan fingerprint density at radius 1 is 1.37 bits per heavy atom. The molecule has 1 unspecified atom stereocenters. The molecule has 0 saturated carbocycles. The van der Waals surface area contributed by atoms with E-state index in [0.717, 1.165) is 30.9 Å². The van der Waals surface area contributed by atoms with E-state index in [1.165, 1.54) is 6.20 Å². The predicted octanol–water partition coefficient (Wildman–Crippen LogP) is 1.64. The van der Waals surface area contributed by atoms with Crippen LogP contribution in [0.2, 0.25) is 0 Å². The van der Waals surface area contributed by atoms with Gasteiger partial charge < -0.3 is 4.90 Å². The monoisotopic (exact) mass is 274 g/mol. The molecular formula is C13H14N4OS. The lowest BCUT2D eigenvalue weighted by Gasteiger charge is -2.15. The molecule has 1 aliphatic rings. The van der Waals surface area contributed by atoms with Crippen molar-refractivity contribution in [2.75, 3.05) is 13.1 Å². The quantitative estimate of drug-likeness (QED) is 0.853. The van der Waals surface area contributed by atoms with Gasteiger partial charge in [0.15, 0.2) is 0 Å². The van der Waals surface area contributed by atoms with E-state index in [1.807, 2.05) is 16.5 Å². The van der Waals surface area contributed by atoms with E-state index in [1.54, 1.807) is 23.7 Å². The van der Waals surface area contributed by atoms with Crippen molar-refractivity contribution in [3.05, 3.63) is 40.9 Å². The summed E-state index contributed by atoms with van der Waals surface area (Å²) in [5.74, 6) is 0.488. The van der Waals surface area contributed by atoms with E-state index in [9.17, 15) is 4.79 Å². The van der Waals surface area contributed by atoms with Crippen molar-refractivity contribution in [3.63, 3.8) is 0 Å². The highest BCUT2D eigenvalue weighted by atomic mass is 32.1. The van der Waals surface area contributed by atoms with Crippen LogP contribution in [-0.2, 0) is 6.42 Å². The van der Waals surface area contributed by atoms with Crippen LogP contribution in [0.25, 0.3) is 0 Å². The molecule has 1 saturated heterocycles. The van der Waals surface area contributed by atoms with Crippen molar-refractivity contribution in [1.82, 2.24) is 19.9 Å². The van der Waals surface area contributed by atoms with Crippen LogP contribution in [0.3, 0.4) is 0 Å². The summed E-state index contributed by atoms with van der Waals surface area (Å²) >= 11 is 1.68. The summed E-state index contributed by atoms with van der Waals surface area (Å²) in [5, 5.41) is 3.14. The molecule has 0 N–H and O–H groups in total. The molecule has 0 bridgehead atoms. The average molecular weight is 274 g/mol. The maximum absolute atomic E-state index is 12.2. The Bertz CT molecular complexity index is 543. The number of hydrogen-bond donors (Lipinski definition) is 0. The van der Waals surface area contributed by atoms with Crippen LogP contribution in [-0.4, -0.2) is 38.8 Å². The fourth-order valence-electron chi connectivity index (χ4n) is 2.36. The molecule has 6 heteroatoms. The van der Waals surface area contributed by atoms with Gasteiger partial charge in [0.25, 0.3) is 5.91 Å². The standard InChI is InChI=1S/C13H14N4OS/c18-13(11-8-14-2-3-15-11)17-5-1-10(9-17)7-12-16-4-6-19-12/h2-4,6,8,10H,1,5,7,9H2. The minimum absolute atomic E-state index is 0.0188. The number of aromatic nitrogens is 3. The molecule has 3 heterocycles. The number of likely N-dealkylation sites (tertiary alicyclic amines) is 1. The van der Waals surface area contributed by atoms with Crippen LogP contribution in [0.15, 0.2) is 30.2 Å². The van der Waals surface area contributed by atoms with E-state index in [-0.39, 0.29) is 5.91 Å². The van der Waals surface area contributed by atoms with Crippen molar-refractivity contribution in [2.45, 2.75) is 12.8 Å². The van der Waals surface area contributed by atoms with Crippen LogP contribution in [0.4, 0.5) is 0 Å². The Hall–Kier alpha value is -1.82. The van der Waals surface area contributed by atoms with Gasteiger partial charge in [0.1, 0.15) is 5.69 Å². The Kier molecular flexibility index (Phi) is 3.50. The first-order valence-corrected chi connectivity index (χ1v) is 7.14. The van der Waals surface area contributed by atoms with Crippen LogP contribution in [0, 0.1) is 5.92 Å². The first-order chi connectivity index (χ1) is 9.33. The summed E-state index contributed by atoms with van der Waals surface area (Å²) in [6.07, 6.45) is 8.48. The van der Waals surface area contributed by atoms with Gasteiger partial charge in [-0.15, -0.1) is 11.3 Å². The summed E-state index contributed by atoms with van der Waals surface area (Å²) in [7, 11) is 0. The second-order valence-electron chi connectivity index (χ2n) is 4.63. The van der Waals surface area contributed by atoms with E-state index in [0.29, 0.717) is 11.6 Å². The number of thiazole rings is 1. The van der Waals surface area contributed by atoms with Crippen LogP contribution >= 0.6 is 11.3 Å². The number of rotatable bonds is 3. The molecule has 0 aromatic carbocycles. The van der Waals surface area contributed by atoms with Gasteiger partial charge in [-0.05, 0) is 12.3 Å². The molecule has 1 fully saturated rings. The van der Waals surface area contributed by atoms with Gasteiger partial charge in [-0.2, -0.15) is 0 Å². The molecule has 2 aromatic heterocycles. The SMILES string of the molecule is O=C(c1cnccn1)N1CCC(Cc2nccs2)C1. The smallest absolute Gasteiger partial charge is 0.274 e. The fourth-order valence-corrected chi connectivity index (χ4v) is 3.09. The highest BCUT2D eigenvalue weighted by Gasteiger charge is 2.28. The second kappa shape index (κ2) is 5.44. The fraction of sp³-hybridized carbons (Fsp3) is 0.385. The molecule has 0 aliphatic carbocycles. The normalized spacial score (nSPS) is 18.7. The maximum atomic E-state index is 12.2. The van der Waals surface area contributed by atoms with Crippen LogP contribution in [0.1, 0.15) is 21.9 Å². The largest absolute Gasteiger partial charge is 0.337 e. The minimum Gasteiger partial charge on any atom is -0.337 e. The number of amides is 1. The van der Waals surface area contributed by atoms with Gasteiger partial charge in [-0.1, -0.05) is 0 Å². The van der Waals surface area contributed by atoms with E-state index >= 15 is 0 Å². The van der Waals surface area contributed by atoms with Gasteiger partial charge in [-0.3, -0.25) is 9.78 Å². The zero-order valence-electron chi connectivity index (χ0n) is 10.4. The first kappa shape index (κ1) is 12.2. The van der Waals surface area contributed by atoms with Crippen molar-refractivity contribution >= 4 is 17.2 Å². The Morgan fingerprint density at radius 3 is 3.05 bits per heavy atom. The first-order valence-electron chi connectivity index (χ1n) is 6.26. The Balaban J connectivity index is 1.61. The summed E-state index contributed by atoms with van der Waals surface area (Å²) < 4.78 is 0. The van der Waals surface area contributed by atoms with Gasteiger partial charge in [0.2, 0.25) is 0 Å². The molecule has 2 aromatic rings. The highest BCUT2D eigenvalue weighted by molar-refractivity contribution is 7.09. The molecule has 1 aliphatic heterocycles. The number of hydrogen-bond acceptors (Lipinski definition) is 5.